The largest absolute Gasteiger partial charge is 0.497 e. The molecule has 0 aliphatic carbocycles. The fourth-order valence-corrected chi connectivity index (χ4v) is 1.07. The van der Waals surface area contributed by atoms with E-state index in [0.29, 0.717) is 11.4 Å². The Balaban J connectivity index is 2.69. The van der Waals surface area contributed by atoms with Crippen LogP contribution in [0.2, 0.25) is 0 Å². The van der Waals surface area contributed by atoms with Crippen LogP contribution >= 0.6 is 0 Å². The minimum atomic E-state index is 0.340. The number of nitrogens with zero attached hydrogens (tertiary/aromatic N) is 1. The Bertz CT molecular complexity index is 408. The second-order valence-electron chi connectivity index (χ2n) is 2.43. The van der Waals surface area contributed by atoms with Crippen LogP contribution in [0.25, 0.3) is 10.9 Å². The highest BCUT2D eigenvalue weighted by Gasteiger charge is 2.04. The van der Waals surface area contributed by atoms with Crippen LogP contribution in [0.15, 0.2) is 22.7 Å². The standard InChI is InChI=1S/C8H8N2O2/c1-11-5-2-3-6-7(4-5)10-12-8(6)9/h2-4H,9H2,1H3. The monoisotopic (exact) mass is 164 g/mol. The van der Waals surface area contributed by atoms with Crippen LogP contribution in [0.1, 0.15) is 0 Å². The van der Waals surface area contributed by atoms with E-state index in [1.165, 1.54) is 0 Å². The summed E-state index contributed by atoms with van der Waals surface area (Å²) in [5, 5.41) is 4.56. The second kappa shape index (κ2) is 2.41. The SMILES string of the molecule is COc1ccc2c(N)onc2c1. The zero-order valence-electron chi connectivity index (χ0n) is 6.57. The van der Waals surface area contributed by atoms with E-state index in [0.717, 1.165) is 11.1 Å². The maximum absolute atomic E-state index is 5.50. The van der Waals surface area contributed by atoms with Gasteiger partial charge in [0.05, 0.1) is 12.5 Å². The number of anilines is 1. The number of fused-ring (bicyclic) bond motifs is 1. The third-order valence-electron chi connectivity index (χ3n) is 1.71. The van der Waals surface area contributed by atoms with Gasteiger partial charge in [-0.25, -0.2) is 0 Å². The summed E-state index contributed by atoms with van der Waals surface area (Å²) in [5.41, 5.74) is 6.21. The fourth-order valence-electron chi connectivity index (χ4n) is 1.07. The van der Waals surface area contributed by atoms with Crippen molar-refractivity contribution in [2.75, 3.05) is 12.8 Å². The molecule has 2 aromatic rings. The number of nitrogens with two attached hydrogens (primary N) is 1. The van der Waals surface area contributed by atoms with E-state index < -0.39 is 0 Å². The minimum absolute atomic E-state index is 0.340. The smallest absolute Gasteiger partial charge is 0.230 e. The van der Waals surface area contributed by atoms with Gasteiger partial charge in [-0.15, -0.1) is 0 Å². The van der Waals surface area contributed by atoms with E-state index in [1.54, 1.807) is 13.2 Å². The highest BCUT2D eigenvalue weighted by Crippen LogP contribution is 2.23. The van der Waals surface area contributed by atoms with E-state index >= 15 is 0 Å². The lowest BCUT2D eigenvalue weighted by Crippen LogP contribution is -1.82. The maximum atomic E-state index is 5.50. The Morgan fingerprint density at radius 1 is 1.50 bits per heavy atom. The molecule has 0 radical (unpaired) electrons. The zero-order chi connectivity index (χ0) is 8.55. The molecule has 0 spiro atoms. The van der Waals surface area contributed by atoms with Gasteiger partial charge in [-0.2, -0.15) is 0 Å². The van der Waals surface area contributed by atoms with Crippen LogP contribution in [-0.2, 0) is 0 Å². The first-order chi connectivity index (χ1) is 5.81. The molecular weight excluding hydrogens is 156 g/mol. The molecule has 0 bridgehead atoms. The fraction of sp³-hybridized carbons (Fsp3) is 0.125. The number of rotatable bonds is 1. The number of benzene rings is 1. The van der Waals surface area contributed by atoms with Gasteiger partial charge in [0.1, 0.15) is 11.3 Å². The molecule has 4 heteroatoms. The van der Waals surface area contributed by atoms with Crippen molar-refractivity contribution in [1.82, 2.24) is 5.16 Å². The van der Waals surface area contributed by atoms with Crippen molar-refractivity contribution in [3.8, 4) is 5.75 Å². The quantitative estimate of drug-likeness (QED) is 0.692. The Morgan fingerprint density at radius 3 is 3.08 bits per heavy atom. The molecule has 2 N–H and O–H groups in total. The van der Waals surface area contributed by atoms with Crippen LogP contribution in [0.4, 0.5) is 5.88 Å². The molecule has 0 saturated carbocycles. The summed E-state index contributed by atoms with van der Waals surface area (Å²) < 4.78 is 9.80. The summed E-state index contributed by atoms with van der Waals surface area (Å²) >= 11 is 0. The Kier molecular flexibility index (Phi) is 1.40. The van der Waals surface area contributed by atoms with Crippen LogP contribution in [-0.4, -0.2) is 12.3 Å². The first-order valence-electron chi connectivity index (χ1n) is 3.50. The Hall–Kier alpha value is -1.71. The molecule has 0 saturated heterocycles. The van der Waals surface area contributed by atoms with Crippen molar-refractivity contribution >= 4 is 16.8 Å². The predicted octanol–water partition coefficient (Wildman–Crippen LogP) is 1.42. The van der Waals surface area contributed by atoms with Crippen molar-refractivity contribution in [2.24, 2.45) is 0 Å². The molecule has 1 heterocycles. The third-order valence-corrected chi connectivity index (χ3v) is 1.71. The van der Waals surface area contributed by atoms with Crippen molar-refractivity contribution < 1.29 is 9.26 Å². The van der Waals surface area contributed by atoms with E-state index in [-0.39, 0.29) is 0 Å². The zero-order valence-corrected chi connectivity index (χ0v) is 6.57. The maximum Gasteiger partial charge on any atom is 0.230 e. The van der Waals surface area contributed by atoms with Gasteiger partial charge in [0.15, 0.2) is 0 Å². The van der Waals surface area contributed by atoms with Crippen molar-refractivity contribution in [1.29, 1.82) is 0 Å². The molecule has 12 heavy (non-hydrogen) atoms. The summed E-state index contributed by atoms with van der Waals surface area (Å²) in [6, 6.07) is 5.41. The van der Waals surface area contributed by atoms with Crippen LogP contribution in [0.5, 0.6) is 5.75 Å². The van der Waals surface area contributed by atoms with E-state index in [1.807, 2.05) is 12.1 Å². The summed E-state index contributed by atoms with van der Waals surface area (Å²) in [6.07, 6.45) is 0. The average molecular weight is 164 g/mol. The molecule has 1 aromatic carbocycles. The van der Waals surface area contributed by atoms with Gasteiger partial charge in [-0.05, 0) is 12.1 Å². The lowest BCUT2D eigenvalue weighted by molar-refractivity contribution is 0.414. The number of methoxy groups -OCH3 is 1. The first-order valence-corrected chi connectivity index (χ1v) is 3.50. The highest BCUT2D eigenvalue weighted by atomic mass is 16.5. The molecular formula is C8H8N2O2. The van der Waals surface area contributed by atoms with Crippen molar-refractivity contribution in [2.45, 2.75) is 0 Å². The molecule has 62 valence electrons. The summed E-state index contributed by atoms with van der Waals surface area (Å²) in [5.74, 6) is 1.09. The van der Waals surface area contributed by atoms with E-state index in [2.05, 4.69) is 5.16 Å². The second-order valence-corrected chi connectivity index (χ2v) is 2.43. The predicted molar refractivity (Wildman–Crippen MR) is 45.0 cm³/mol. The van der Waals surface area contributed by atoms with Gasteiger partial charge in [-0.1, -0.05) is 5.16 Å². The molecule has 0 amide bonds. The van der Waals surface area contributed by atoms with Gasteiger partial charge in [0.25, 0.3) is 0 Å². The molecule has 2 rings (SSSR count). The van der Waals surface area contributed by atoms with E-state index in [4.69, 9.17) is 15.0 Å². The van der Waals surface area contributed by atoms with Crippen LogP contribution in [0.3, 0.4) is 0 Å². The van der Waals surface area contributed by atoms with Gasteiger partial charge in [0.2, 0.25) is 5.88 Å². The van der Waals surface area contributed by atoms with Gasteiger partial charge < -0.3 is 15.0 Å². The lowest BCUT2D eigenvalue weighted by Gasteiger charge is -1.96. The normalized spacial score (nSPS) is 10.4. The number of nitrogen functional groups attached to an aromatic ring is 1. The molecule has 1 aromatic heterocycles. The van der Waals surface area contributed by atoms with Gasteiger partial charge in [0, 0.05) is 6.07 Å². The Labute approximate surface area is 68.9 Å². The number of hydrogen-bond donors (Lipinski definition) is 1. The molecule has 0 fully saturated rings. The summed E-state index contributed by atoms with van der Waals surface area (Å²) in [4.78, 5) is 0. The van der Waals surface area contributed by atoms with Gasteiger partial charge in [-0.3, -0.25) is 0 Å². The van der Waals surface area contributed by atoms with Crippen LogP contribution < -0.4 is 10.5 Å². The number of ether oxygens (including phenoxy) is 1. The highest BCUT2D eigenvalue weighted by molar-refractivity contribution is 5.88. The minimum Gasteiger partial charge on any atom is -0.497 e. The molecule has 0 aliphatic rings. The third kappa shape index (κ3) is 0.887. The van der Waals surface area contributed by atoms with Gasteiger partial charge >= 0.3 is 0 Å². The number of aromatic nitrogens is 1. The van der Waals surface area contributed by atoms with Crippen LogP contribution in [0, 0.1) is 0 Å². The summed E-state index contributed by atoms with van der Waals surface area (Å²) in [6.45, 7) is 0. The first kappa shape index (κ1) is 6.97. The molecule has 0 atom stereocenters. The average Bonchev–Trinajstić information content (AvgIpc) is 2.47. The van der Waals surface area contributed by atoms with Crippen molar-refractivity contribution in [3.63, 3.8) is 0 Å². The summed E-state index contributed by atoms with van der Waals surface area (Å²) in [7, 11) is 1.60. The van der Waals surface area contributed by atoms with Crippen molar-refractivity contribution in [3.05, 3.63) is 18.2 Å². The molecule has 0 aliphatic heterocycles. The molecule has 0 unspecified atom stereocenters. The lowest BCUT2D eigenvalue weighted by atomic mass is 10.2. The Morgan fingerprint density at radius 2 is 2.33 bits per heavy atom. The molecule has 4 nitrogen and oxygen atoms in total. The topological polar surface area (TPSA) is 61.3 Å². The van der Waals surface area contributed by atoms with E-state index in [9.17, 15) is 0 Å². The number of hydrogen-bond acceptors (Lipinski definition) is 4.